The Hall–Kier alpha value is -3.27. The summed E-state index contributed by atoms with van der Waals surface area (Å²) in [4.78, 5) is 28.7. The van der Waals surface area contributed by atoms with Crippen molar-refractivity contribution in [3.8, 4) is 0 Å². The van der Waals surface area contributed by atoms with Crippen LogP contribution in [0.15, 0.2) is 28.8 Å². The fraction of sp³-hybridized carbons (Fsp3) is 0.389. The highest BCUT2D eigenvalue weighted by atomic mass is 16.6. The molecule has 0 saturated carbocycles. The fourth-order valence-corrected chi connectivity index (χ4v) is 3.76. The molecule has 1 amide bonds. The van der Waals surface area contributed by atoms with E-state index in [4.69, 9.17) is 10.2 Å². The van der Waals surface area contributed by atoms with Gasteiger partial charge in [-0.05, 0) is 25.5 Å². The van der Waals surface area contributed by atoms with Crippen molar-refractivity contribution in [2.75, 3.05) is 13.1 Å². The van der Waals surface area contributed by atoms with Crippen molar-refractivity contribution in [3.63, 3.8) is 0 Å². The van der Waals surface area contributed by atoms with E-state index in [1.165, 1.54) is 12.1 Å². The van der Waals surface area contributed by atoms with Crippen LogP contribution in [0.5, 0.6) is 0 Å². The summed E-state index contributed by atoms with van der Waals surface area (Å²) in [5, 5.41) is 15.4. The van der Waals surface area contributed by atoms with Crippen LogP contribution in [-0.4, -0.2) is 43.6 Å². The summed E-state index contributed by atoms with van der Waals surface area (Å²) in [6, 6.07) is 4.38. The van der Waals surface area contributed by atoms with Gasteiger partial charge in [0.05, 0.1) is 22.7 Å². The molecule has 146 valence electrons. The predicted octanol–water partition coefficient (Wildman–Crippen LogP) is 1.95. The Morgan fingerprint density at radius 3 is 3.04 bits per heavy atom. The first-order chi connectivity index (χ1) is 13.4. The molecule has 10 nitrogen and oxygen atoms in total. The lowest BCUT2D eigenvalue weighted by atomic mass is 9.92. The molecule has 3 aromatic rings. The minimum atomic E-state index is -0.472. The SMILES string of the molecule is Cn1cc(C(N)=O)c([C@H]2CCCN(Cc3nc4cc([N+](=O)[O-])ccc4o3)C2)n1. The number of aryl methyl sites for hydroxylation is 1. The number of carbonyl (C=O) groups is 1. The highest BCUT2D eigenvalue weighted by Gasteiger charge is 2.28. The van der Waals surface area contributed by atoms with Crippen molar-refractivity contribution in [1.82, 2.24) is 19.7 Å². The second-order valence-electron chi connectivity index (χ2n) is 7.06. The highest BCUT2D eigenvalue weighted by molar-refractivity contribution is 5.93. The van der Waals surface area contributed by atoms with Crippen molar-refractivity contribution in [2.45, 2.75) is 25.3 Å². The Morgan fingerprint density at radius 1 is 1.46 bits per heavy atom. The number of nitro benzene ring substituents is 1. The Kier molecular flexibility index (Phi) is 4.55. The van der Waals surface area contributed by atoms with Crippen LogP contribution in [-0.2, 0) is 13.6 Å². The van der Waals surface area contributed by atoms with Gasteiger partial charge in [0.15, 0.2) is 5.58 Å². The maximum absolute atomic E-state index is 11.7. The molecule has 0 unspecified atom stereocenters. The molecule has 10 heteroatoms. The van der Waals surface area contributed by atoms with Crippen LogP contribution in [0.25, 0.3) is 11.1 Å². The molecular formula is C18H20N6O4. The molecule has 2 N–H and O–H groups in total. The van der Waals surface area contributed by atoms with Gasteiger partial charge in [-0.15, -0.1) is 0 Å². The van der Waals surface area contributed by atoms with Gasteiger partial charge >= 0.3 is 0 Å². The number of nitrogens with two attached hydrogens (primary N) is 1. The molecule has 2 aromatic heterocycles. The molecule has 1 atom stereocenters. The smallest absolute Gasteiger partial charge is 0.271 e. The molecule has 1 saturated heterocycles. The van der Waals surface area contributed by atoms with Gasteiger partial charge in [-0.1, -0.05) is 0 Å². The predicted molar refractivity (Wildman–Crippen MR) is 99.6 cm³/mol. The lowest BCUT2D eigenvalue weighted by Gasteiger charge is -2.31. The third-order valence-electron chi connectivity index (χ3n) is 5.00. The van der Waals surface area contributed by atoms with Crippen molar-refractivity contribution in [1.29, 1.82) is 0 Å². The maximum atomic E-state index is 11.7. The Labute approximate surface area is 160 Å². The molecule has 1 aliphatic rings. The fourth-order valence-electron chi connectivity index (χ4n) is 3.76. The van der Waals surface area contributed by atoms with Crippen LogP contribution < -0.4 is 5.73 Å². The van der Waals surface area contributed by atoms with Crippen LogP contribution in [0, 0.1) is 10.1 Å². The van der Waals surface area contributed by atoms with E-state index in [-0.39, 0.29) is 11.6 Å². The largest absolute Gasteiger partial charge is 0.439 e. The number of piperidine rings is 1. The summed E-state index contributed by atoms with van der Waals surface area (Å²) >= 11 is 0. The van der Waals surface area contributed by atoms with Gasteiger partial charge < -0.3 is 10.2 Å². The molecule has 1 aliphatic heterocycles. The summed E-state index contributed by atoms with van der Waals surface area (Å²) in [6.07, 6.45) is 3.53. The lowest BCUT2D eigenvalue weighted by Crippen LogP contribution is -2.34. The first-order valence-electron chi connectivity index (χ1n) is 9.00. The maximum Gasteiger partial charge on any atom is 0.271 e. The third kappa shape index (κ3) is 3.46. The number of nitrogens with zero attached hydrogens (tertiary/aromatic N) is 5. The number of primary amides is 1. The average molecular weight is 384 g/mol. The number of non-ortho nitro benzene ring substituents is 1. The van der Waals surface area contributed by atoms with Crippen LogP contribution in [0.4, 0.5) is 5.69 Å². The van der Waals surface area contributed by atoms with Crippen molar-refractivity contribution >= 4 is 22.7 Å². The summed E-state index contributed by atoms with van der Waals surface area (Å²) in [6.45, 7) is 2.06. The topological polar surface area (TPSA) is 133 Å². The quantitative estimate of drug-likeness (QED) is 0.525. The van der Waals surface area contributed by atoms with Crippen molar-refractivity contribution < 1.29 is 14.1 Å². The number of rotatable bonds is 5. The zero-order chi connectivity index (χ0) is 19.8. The second-order valence-corrected chi connectivity index (χ2v) is 7.06. The number of hydrogen-bond donors (Lipinski definition) is 1. The molecular weight excluding hydrogens is 364 g/mol. The molecule has 0 bridgehead atoms. The van der Waals surface area contributed by atoms with E-state index < -0.39 is 10.8 Å². The Balaban J connectivity index is 1.52. The summed E-state index contributed by atoms with van der Waals surface area (Å²) < 4.78 is 7.36. The lowest BCUT2D eigenvalue weighted by molar-refractivity contribution is -0.384. The van der Waals surface area contributed by atoms with E-state index in [9.17, 15) is 14.9 Å². The minimum absolute atomic E-state index is 0.0143. The number of benzene rings is 1. The van der Waals surface area contributed by atoms with E-state index in [2.05, 4.69) is 15.0 Å². The molecule has 1 fully saturated rings. The number of aromatic nitrogens is 3. The number of hydrogen-bond acceptors (Lipinski definition) is 7. The number of nitro groups is 1. The van der Waals surface area contributed by atoms with Crippen LogP contribution in [0.3, 0.4) is 0 Å². The molecule has 0 aliphatic carbocycles. The Bertz CT molecular complexity index is 1060. The summed E-state index contributed by atoms with van der Waals surface area (Å²) in [5.41, 5.74) is 7.66. The average Bonchev–Trinajstić information content (AvgIpc) is 3.24. The number of fused-ring (bicyclic) bond motifs is 1. The molecule has 3 heterocycles. The zero-order valence-corrected chi connectivity index (χ0v) is 15.4. The van der Waals surface area contributed by atoms with Crippen LogP contribution >= 0.6 is 0 Å². The number of likely N-dealkylation sites (tertiary alicyclic amines) is 1. The third-order valence-corrected chi connectivity index (χ3v) is 5.00. The molecule has 28 heavy (non-hydrogen) atoms. The van der Waals surface area contributed by atoms with Gasteiger partial charge in [0.25, 0.3) is 11.6 Å². The summed E-state index contributed by atoms with van der Waals surface area (Å²) in [7, 11) is 1.77. The second kappa shape index (κ2) is 7.04. The Morgan fingerprint density at radius 2 is 2.29 bits per heavy atom. The van der Waals surface area contributed by atoms with E-state index in [0.717, 1.165) is 25.1 Å². The van der Waals surface area contributed by atoms with E-state index in [1.54, 1.807) is 24.0 Å². The van der Waals surface area contributed by atoms with Gasteiger partial charge in [-0.2, -0.15) is 5.10 Å². The summed E-state index contributed by atoms with van der Waals surface area (Å²) in [5.74, 6) is 0.135. The molecule has 1 aromatic carbocycles. The van der Waals surface area contributed by atoms with E-state index in [0.29, 0.717) is 35.6 Å². The van der Waals surface area contributed by atoms with Gasteiger partial charge in [0, 0.05) is 37.8 Å². The van der Waals surface area contributed by atoms with Gasteiger partial charge in [0.2, 0.25) is 5.89 Å². The molecule has 0 radical (unpaired) electrons. The number of carbonyl (C=O) groups excluding carboxylic acids is 1. The highest BCUT2D eigenvalue weighted by Crippen LogP contribution is 2.29. The van der Waals surface area contributed by atoms with Crippen LogP contribution in [0.2, 0.25) is 0 Å². The van der Waals surface area contributed by atoms with Crippen molar-refractivity contribution in [2.24, 2.45) is 12.8 Å². The normalized spacial score (nSPS) is 17.8. The van der Waals surface area contributed by atoms with Crippen molar-refractivity contribution in [3.05, 3.63) is 51.7 Å². The first kappa shape index (κ1) is 18.1. The number of oxazole rings is 1. The van der Waals surface area contributed by atoms with E-state index >= 15 is 0 Å². The first-order valence-corrected chi connectivity index (χ1v) is 9.00. The van der Waals surface area contributed by atoms with Gasteiger partial charge in [0.1, 0.15) is 5.52 Å². The van der Waals surface area contributed by atoms with Crippen LogP contribution in [0.1, 0.15) is 40.7 Å². The standard InChI is InChI=1S/C18H20N6O4/c1-22-9-13(18(19)25)17(21-22)11-3-2-6-23(8-11)10-16-20-14-7-12(24(26)27)4-5-15(14)28-16/h4-5,7,9,11H,2-3,6,8,10H2,1H3,(H2,19,25)/t11-/m0/s1. The van der Waals surface area contributed by atoms with Gasteiger partial charge in [-0.25, -0.2) is 4.98 Å². The number of amides is 1. The molecule has 4 rings (SSSR count). The van der Waals surface area contributed by atoms with E-state index in [1.807, 2.05) is 0 Å². The monoisotopic (exact) mass is 384 g/mol. The zero-order valence-electron chi connectivity index (χ0n) is 15.4. The minimum Gasteiger partial charge on any atom is -0.439 e. The molecule has 0 spiro atoms. The van der Waals surface area contributed by atoms with Gasteiger partial charge in [-0.3, -0.25) is 24.5 Å².